The topological polar surface area (TPSA) is 107 Å². The van der Waals surface area contributed by atoms with Crippen LogP contribution in [0.1, 0.15) is 38.7 Å². The van der Waals surface area contributed by atoms with Crippen LogP contribution in [0.2, 0.25) is 0 Å². The van der Waals surface area contributed by atoms with E-state index in [9.17, 15) is 36.4 Å². The first-order chi connectivity index (χ1) is 14.8. The Hall–Kier alpha value is -2.05. The second-order valence-corrected chi connectivity index (χ2v) is 10.7. The van der Waals surface area contributed by atoms with Crippen LogP contribution >= 0.6 is 0 Å². The molecule has 8 nitrogen and oxygen atoms in total. The molecule has 1 aromatic carbocycles. The number of hydrogen-bond acceptors (Lipinski definition) is 6. The summed E-state index contributed by atoms with van der Waals surface area (Å²) in [6.45, 7) is 3.56. The Balaban J connectivity index is 1.75. The number of nitrogens with zero attached hydrogens (tertiary/aromatic N) is 3. The van der Waals surface area contributed by atoms with Crippen molar-refractivity contribution in [1.29, 1.82) is 0 Å². The number of sulfonamides is 1. The number of alkyl halides is 3. The second kappa shape index (κ2) is 8.38. The minimum absolute atomic E-state index is 0.136. The van der Waals surface area contributed by atoms with E-state index in [4.69, 9.17) is 0 Å². The lowest BCUT2D eigenvalue weighted by Gasteiger charge is -2.45. The molecule has 2 unspecified atom stereocenters. The number of benzene rings is 1. The van der Waals surface area contributed by atoms with E-state index < -0.39 is 44.7 Å². The zero-order chi connectivity index (χ0) is 23.9. The predicted molar refractivity (Wildman–Crippen MR) is 109 cm³/mol. The summed E-state index contributed by atoms with van der Waals surface area (Å²) in [5.41, 5.74) is -4.19. The molecule has 3 rings (SSSR count). The molecule has 32 heavy (non-hydrogen) atoms. The molecule has 1 aromatic rings. The Morgan fingerprint density at radius 3 is 2.22 bits per heavy atom. The Labute approximate surface area is 184 Å². The quantitative estimate of drug-likeness (QED) is 0.605. The normalized spacial score (nSPS) is 24.3. The van der Waals surface area contributed by atoms with E-state index in [1.807, 2.05) is 4.90 Å². The van der Waals surface area contributed by atoms with E-state index in [0.717, 1.165) is 30.7 Å². The van der Waals surface area contributed by atoms with Gasteiger partial charge in [-0.15, -0.1) is 4.91 Å². The molecule has 2 aliphatic rings. The largest absolute Gasteiger partial charge is 0.481 e. The number of piperazine rings is 1. The minimum atomic E-state index is -4.92. The van der Waals surface area contributed by atoms with E-state index in [-0.39, 0.29) is 11.4 Å². The lowest BCUT2D eigenvalue weighted by Crippen LogP contribution is -2.57. The van der Waals surface area contributed by atoms with Crippen LogP contribution in [0.3, 0.4) is 0 Å². The van der Waals surface area contributed by atoms with Crippen molar-refractivity contribution in [2.75, 3.05) is 26.2 Å². The van der Waals surface area contributed by atoms with E-state index >= 15 is 0 Å². The Morgan fingerprint density at radius 2 is 1.81 bits per heavy atom. The molecule has 1 N–H and O–H groups in total. The smallest absolute Gasteiger partial charge is 0.421 e. The molecule has 1 aliphatic heterocycles. The molecule has 1 saturated heterocycles. The number of aliphatic carboxylic acids is 1. The van der Waals surface area contributed by atoms with Crippen molar-refractivity contribution in [2.45, 2.75) is 55.8 Å². The third kappa shape index (κ3) is 4.15. The molecule has 1 aliphatic carbocycles. The maximum absolute atomic E-state index is 13.2. The van der Waals surface area contributed by atoms with E-state index in [1.165, 1.54) is 4.31 Å². The fraction of sp³-hybridized carbons (Fsp3) is 0.650. The lowest BCUT2D eigenvalue weighted by atomic mass is 9.68. The Bertz CT molecular complexity index is 979. The zero-order valence-corrected chi connectivity index (χ0v) is 18.6. The molecule has 0 spiro atoms. The van der Waals surface area contributed by atoms with Crippen LogP contribution in [0, 0.1) is 10.3 Å². The molecule has 1 saturated carbocycles. The van der Waals surface area contributed by atoms with Gasteiger partial charge in [0, 0.05) is 32.2 Å². The number of nitroso groups, excluding NO2 is 1. The van der Waals surface area contributed by atoms with Crippen molar-refractivity contribution >= 4 is 16.0 Å². The molecule has 1 heterocycles. The van der Waals surface area contributed by atoms with Gasteiger partial charge in [0.2, 0.25) is 15.6 Å². The van der Waals surface area contributed by atoms with Crippen molar-refractivity contribution < 1.29 is 31.5 Å². The highest BCUT2D eigenvalue weighted by Crippen LogP contribution is 2.43. The number of carbonyl (C=O) groups is 1. The Kier molecular flexibility index (Phi) is 6.44. The van der Waals surface area contributed by atoms with Crippen molar-refractivity contribution in [2.24, 2.45) is 10.6 Å². The summed E-state index contributed by atoms with van der Waals surface area (Å²) in [6.07, 6.45) is -2.85. The van der Waals surface area contributed by atoms with E-state index in [0.29, 0.717) is 39.4 Å². The molecule has 0 radical (unpaired) electrons. The fourth-order valence-electron chi connectivity index (χ4n) is 4.34. The summed E-state index contributed by atoms with van der Waals surface area (Å²) in [5.74, 6) is -0.831. The summed E-state index contributed by atoms with van der Waals surface area (Å²) >= 11 is 0. The molecule has 178 valence electrons. The van der Waals surface area contributed by atoms with Gasteiger partial charge < -0.3 is 5.11 Å². The second-order valence-electron chi connectivity index (χ2n) is 8.82. The summed E-state index contributed by atoms with van der Waals surface area (Å²) < 4.78 is 67.2. The minimum Gasteiger partial charge on any atom is -0.481 e. The molecule has 2 fully saturated rings. The predicted octanol–water partition coefficient (Wildman–Crippen LogP) is 3.18. The van der Waals surface area contributed by atoms with Crippen LogP contribution in [-0.4, -0.2) is 67.1 Å². The molecule has 0 aromatic heterocycles. The van der Waals surface area contributed by atoms with Crippen molar-refractivity contribution in [3.8, 4) is 0 Å². The number of carboxylic acids is 1. The van der Waals surface area contributed by atoms with Gasteiger partial charge in [-0.3, -0.25) is 9.69 Å². The average molecular weight is 478 g/mol. The monoisotopic (exact) mass is 477 g/mol. The number of hydrogen-bond donors (Lipinski definition) is 1. The number of carboxylic acid groups (broad SMARTS) is 1. The number of rotatable bonds is 7. The van der Waals surface area contributed by atoms with Crippen molar-refractivity contribution in [1.82, 2.24) is 9.21 Å². The summed E-state index contributed by atoms with van der Waals surface area (Å²) in [6, 6.07) is 3.56. The highest BCUT2D eigenvalue weighted by molar-refractivity contribution is 7.89. The van der Waals surface area contributed by atoms with Gasteiger partial charge in [0.15, 0.2) is 0 Å². The molecule has 12 heteroatoms. The summed E-state index contributed by atoms with van der Waals surface area (Å²) in [7, 11) is -3.99. The van der Waals surface area contributed by atoms with Crippen LogP contribution in [0.25, 0.3) is 0 Å². The highest BCUT2D eigenvalue weighted by atomic mass is 32.2. The summed E-state index contributed by atoms with van der Waals surface area (Å²) in [4.78, 5) is 24.3. The lowest BCUT2D eigenvalue weighted by molar-refractivity contribution is -0.183. The van der Waals surface area contributed by atoms with E-state index in [2.05, 4.69) is 5.18 Å². The maximum Gasteiger partial charge on any atom is 0.421 e. The van der Waals surface area contributed by atoms with Crippen LogP contribution in [-0.2, 0) is 20.4 Å². The molecular formula is C20H26F3N3O5S. The standard InChI is InChI=1S/C20H26F3N3O5S/c1-14-12-25(13-19(17(27)28)8-3-9-19)10-11-26(14)32(30,31)16-6-4-15(5-7-16)18(2,24-29)20(21,22)23/h4-7,14H,3,8-13H2,1-2H3,(H,27,28). The van der Waals surface area contributed by atoms with E-state index in [1.54, 1.807) is 6.92 Å². The van der Waals surface area contributed by atoms with Gasteiger partial charge >= 0.3 is 12.1 Å². The SMILES string of the molecule is CC1CN(CC2(C(=O)O)CCC2)CCN1S(=O)(=O)c1ccc(C(C)(N=O)C(F)(F)F)cc1. The van der Waals surface area contributed by atoms with Gasteiger partial charge in [0.25, 0.3) is 0 Å². The third-order valence-corrected chi connectivity index (χ3v) is 8.73. The average Bonchev–Trinajstić information content (AvgIpc) is 2.68. The van der Waals surface area contributed by atoms with Gasteiger partial charge in [-0.05, 0) is 49.6 Å². The molecule has 2 atom stereocenters. The fourth-order valence-corrected chi connectivity index (χ4v) is 5.96. The first-order valence-electron chi connectivity index (χ1n) is 10.3. The van der Waals surface area contributed by atoms with Gasteiger partial charge in [-0.2, -0.15) is 17.5 Å². The first-order valence-corrected chi connectivity index (χ1v) is 11.7. The maximum atomic E-state index is 13.2. The van der Waals surface area contributed by atoms with Gasteiger partial charge in [-0.25, -0.2) is 8.42 Å². The first kappa shape index (κ1) is 24.6. The molecule has 0 amide bonds. The van der Waals surface area contributed by atoms with Gasteiger partial charge in [-0.1, -0.05) is 18.6 Å². The third-order valence-electron chi connectivity index (χ3n) is 6.70. The summed E-state index contributed by atoms with van der Waals surface area (Å²) in [5, 5.41) is 11.8. The van der Waals surface area contributed by atoms with Crippen LogP contribution in [0.5, 0.6) is 0 Å². The molecular weight excluding hydrogens is 451 g/mol. The van der Waals surface area contributed by atoms with Crippen LogP contribution in [0.4, 0.5) is 13.2 Å². The Morgan fingerprint density at radius 1 is 1.22 bits per heavy atom. The highest BCUT2D eigenvalue weighted by Gasteiger charge is 2.54. The van der Waals surface area contributed by atoms with Crippen molar-refractivity contribution in [3.05, 3.63) is 34.7 Å². The number of halogens is 3. The molecule has 0 bridgehead atoms. The zero-order valence-electron chi connectivity index (χ0n) is 17.8. The van der Waals surface area contributed by atoms with Gasteiger partial charge in [0.1, 0.15) is 0 Å². The van der Waals surface area contributed by atoms with Crippen LogP contribution in [0.15, 0.2) is 34.3 Å². The van der Waals surface area contributed by atoms with Gasteiger partial charge in [0.05, 0.1) is 10.3 Å². The van der Waals surface area contributed by atoms with Crippen LogP contribution < -0.4 is 0 Å². The van der Waals surface area contributed by atoms with Crippen molar-refractivity contribution in [3.63, 3.8) is 0 Å².